The van der Waals surface area contributed by atoms with Crippen LogP contribution in [-0.4, -0.2) is 28.2 Å². The van der Waals surface area contributed by atoms with Gasteiger partial charge in [-0.3, -0.25) is 4.79 Å². The molecule has 2 rings (SSSR count). The Morgan fingerprint density at radius 1 is 1.32 bits per heavy atom. The topological polar surface area (TPSA) is 94.2 Å². The number of aromatic nitrogens is 3. The molecule has 0 saturated heterocycles. The number of anilines is 1. The van der Waals surface area contributed by atoms with E-state index in [0.717, 1.165) is 16.3 Å². The van der Waals surface area contributed by atoms with Gasteiger partial charge in [0, 0.05) is 12.5 Å². The van der Waals surface area contributed by atoms with E-state index in [1.807, 2.05) is 24.3 Å². The predicted molar refractivity (Wildman–Crippen MR) is 69.2 cm³/mol. The van der Waals surface area contributed by atoms with Gasteiger partial charge in [-0.25, -0.2) is 15.8 Å². The van der Waals surface area contributed by atoms with E-state index in [1.165, 1.54) is 13.1 Å². The van der Waals surface area contributed by atoms with Crippen molar-refractivity contribution in [1.82, 2.24) is 15.2 Å². The number of hydrogen-bond acceptors (Lipinski definition) is 6. The molecule has 0 atom stereocenters. The molecular formula is C12H13N5O2. The molecule has 0 unspecified atom stereocenters. The molecular weight excluding hydrogens is 246 g/mol. The molecule has 0 aliphatic rings. The van der Waals surface area contributed by atoms with Gasteiger partial charge in [-0.15, -0.1) is 5.10 Å². The minimum absolute atomic E-state index is 0.0563. The van der Waals surface area contributed by atoms with Crippen molar-refractivity contribution < 1.29 is 9.53 Å². The zero-order valence-corrected chi connectivity index (χ0v) is 10.6. The van der Waals surface area contributed by atoms with Crippen LogP contribution in [0.15, 0.2) is 30.5 Å². The fraction of sp³-hybridized carbons (Fsp3) is 0.167. The number of hydrogen-bond donors (Lipinski definition) is 1. The first-order valence-corrected chi connectivity index (χ1v) is 5.51. The Kier molecular flexibility index (Phi) is 3.67. The highest BCUT2D eigenvalue weighted by Crippen LogP contribution is 2.20. The number of methoxy groups -OCH3 is 1. The molecule has 1 heterocycles. The third-order valence-electron chi connectivity index (χ3n) is 2.49. The van der Waals surface area contributed by atoms with Gasteiger partial charge in [0.05, 0.1) is 19.0 Å². The van der Waals surface area contributed by atoms with Crippen molar-refractivity contribution in [2.45, 2.75) is 6.92 Å². The van der Waals surface area contributed by atoms with Crippen LogP contribution in [0.1, 0.15) is 6.92 Å². The van der Waals surface area contributed by atoms with Crippen LogP contribution in [0.2, 0.25) is 0 Å². The van der Waals surface area contributed by atoms with Crippen molar-refractivity contribution in [3.63, 3.8) is 0 Å². The summed E-state index contributed by atoms with van der Waals surface area (Å²) in [6.45, 7) is 1.32. The highest BCUT2D eigenvalue weighted by molar-refractivity contribution is 5.88. The number of nitrogens with two attached hydrogens (primary N) is 1. The van der Waals surface area contributed by atoms with Gasteiger partial charge in [0.15, 0.2) is 0 Å². The highest BCUT2D eigenvalue weighted by Gasteiger charge is 2.11. The van der Waals surface area contributed by atoms with E-state index in [1.54, 1.807) is 7.11 Å². The Balaban J connectivity index is 2.34. The summed E-state index contributed by atoms with van der Waals surface area (Å²) < 4.78 is 5.08. The minimum atomic E-state index is -0.367. The SMILES string of the molecule is COc1ccc(-c2cnnc(N(N)C(C)=O)n2)cc1. The number of hydrazine groups is 1. The lowest BCUT2D eigenvalue weighted by Crippen LogP contribution is -2.37. The van der Waals surface area contributed by atoms with Crippen molar-refractivity contribution in [2.24, 2.45) is 5.84 Å². The maximum Gasteiger partial charge on any atom is 0.267 e. The van der Waals surface area contributed by atoms with Crippen molar-refractivity contribution >= 4 is 11.9 Å². The van der Waals surface area contributed by atoms with Crippen LogP contribution in [0.5, 0.6) is 5.75 Å². The summed E-state index contributed by atoms with van der Waals surface area (Å²) in [6, 6.07) is 7.28. The first kappa shape index (κ1) is 12.9. The van der Waals surface area contributed by atoms with Gasteiger partial charge >= 0.3 is 0 Å². The van der Waals surface area contributed by atoms with Crippen molar-refractivity contribution in [3.8, 4) is 17.0 Å². The van der Waals surface area contributed by atoms with Gasteiger partial charge in [0.25, 0.3) is 5.95 Å². The molecule has 0 fully saturated rings. The van der Waals surface area contributed by atoms with Gasteiger partial charge in [-0.05, 0) is 24.3 Å². The maximum atomic E-state index is 11.2. The Morgan fingerprint density at radius 3 is 2.58 bits per heavy atom. The second-order valence-corrected chi connectivity index (χ2v) is 3.76. The molecule has 2 aromatic rings. The molecule has 19 heavy (non-hydrogen) atoms. The molecule has 7 heteroatoms. The fourth-order valence-corrected chi connectivity index (χ4v) is 1.44. The molecule has 98 valence electrons. The molecule has 1 amide bonds. The molecule has 0 bridgehead atoms. The maximum absolute atomic E-state index is 11.2. The number of amides is 1. The van der Waals surface area contributed by atoms with Crippen molar-refractivity contribution in [1.29, 1.82) is 0 Å². The number of rotatable bonds is 3. The minimum Gasteiger partial charge on any atom is -0.497 e. The molecule has 7 nitrogen and oxygen atoms in total. The summed E-state index contributed by atoms with van der Waals surface area (Å²) in [6.07, 6.45) is 1.50. The zero-order valence-electron chi connectivity index (χ0n) is 10.6. The van der Waals surface area contributed by atoms with E-state index < -0.39 is 0 Å². The zero-order chi connectivity index (χ0) is 13.8. The van der Waals surface area contributed by atoms with Crippen molar-refractivity contribution in [2.75, 3.05) is 12.1 Å². The molecule has 0 aliphatic heterocycles. The summed E-state index contributed by atoms with van der Waals surface area (Å²) in [7, 11) is 1.60. The molecule has 0 spiro atoms. The van der Waals surface area contributed by atoms with E-state index in [-0.39, 0.29) is 11.9 Å². The molecule has 1 aromatic carbocycles. The van der Waals surface area contributed by atoms with Gasteiger partial charge in [0.2, 0.25) is 5.91 Å². The second-order valence-electron chi connectivity index (χ2n) is 3.76. The summed E-state index contributed by atoms with van der Waals surface area (Å²) in [4.78, 5) is 15.3. The molecule has 0 aliphatic carbocycles. The Labute approximate surface area is 110 Å². The van der Waals surface area contributed by atoms with E-state index in [4.69, 9.17) is 10.6 Å². The normalized spacial score (nSPS) is 10.1. The van der Waals surface area contributed by atoms with E-state index in [2.05, 4.69) is 15.2 Å². The first-order chi connectivity index (χ1) is 9.11. The summed E-state index contributed by atoms with van der Waals surface area (Å²) in [5.41, 5.74) is 1.40. The number of carbonyl (C=O) groups excluding carboxylic acids is 1. The Bertz CT molecular complexity index is 585. The van der Waals surface area contributed by atoms with E-state index >= 15 is 0 Å². The van der Waals surface area contributed by atoms with Crippen molar-refractivity contribution in [3.05, 3.63) is 30.5 Å². The largest absolute Gasteiger partial charge is 0.497 e. The standard InChI is InChI=1S/C12H13N5O2/c1-8(18)17(13)12-15-11(7-14-16-12)9-3-5-10(19-2)6-4-9/h3-7H,13H2,1-2H3. The highest BCUT2D eigenvalue weighted by atomic mass is 16.5. The van der Waals surface area contributed by atoms with Crippen LogP contribution in [0, 0.1) is 0 Å². The number of benzene rings is 1. The number of ether oxygens (including phenoxy) is 1. The second kappa shape index (κ2) is 5.40. The van der Waals surface area contributed by atoms with E-state index in [0.29, 0.717) is 5.69 Å². The smallest absolute Gasteiger partial charge is 0.267 e. The molecule has 2 N–H and O–H groups in total. The fourth-order valence-electron chi connectivity index (χ4n) is 1.44. The van der Waals surface area contributed by atoms with Gasteiger partial charge in [0.1, 0.15) is 5.75 Å². The Hall–Kier alpha value is -2.54. The first-order valence-electron chi connectivity index (χ1n) is 5.51. The van der Waals surface area contributed by atoms with E-state index in [9.17, 15) is 4.79 Å². The third-order valence-corrected chi connectivity index (χ3v) is 2.49. The summed E-state index contributed by atoms with van der Waals surface area (Å²) >= 11 is 0. The lowest BCUT2D eigenvalue weighted by molar-refractivity contribution is -0.116. The average Bonchev–Trinajstić information content (AvgIpc) is 2.46. The lowest BCUT2D eigenvalue weighted by atomic mass is 10.1. The van der Waals surface area contributed by atoms with Gasteiger partial charge < -0.3 is 4.74 Å². The van der Waals surface area contributed by atoms with Crippen LogP contribution in [0.4, 0.5) is 5.95 Å². The van der Waals surface area contributed by atoms with Gasteiger partial charge in [-0.2, -0.15) is 5.10 Å². The molecule has 0 radical (unpaired) electrons. The Morgan fingerprint density at radius 2 is 2.00 bits per heavy atom. The number of carbonyl (C=O) groups is 1. The van der Waals surface area contributed by atoms with Crippen LogP contribution in [0.25, 0.3) is 11.3 Å². The van der Waals surface area contributed by atoms with Crippen LogP contribution < -0.4 is 15.6 Å². The third kappa shape index (κ3) is 2.83. The quantitative estimate of drug-likeness (QED) is 0.497. The van der Waals surface area contributed by atoms with Crippen LogP contribution in [0.3, 0.4) is 0 Å². The number of nitrogens with zero attached hydrogens (tertiary/aromatic N) is 4. The van der Waals surface area contributed by atoms with Gasteiger partial charge in [-0.1, -0.05) is 0 Å². The summed E-state index contributed by atoms with van der Waals surface area (Å²) in [5.74, 6) is 5.96. The molecule has 0 saturated carbocycles. The monoisotopic (exact) mass is 259 g/mol. The lowest BCUT2D eigenvalue weighted by Gasteiger charge is -2.11. The van der Waals surface area contributed by atoms with Crippen LogP contribution >= 0.6 is 0 Å². The summed E-state index contributed by atoms with van der Waals surface area (Å²) in [5, 5.41) is 8.35. The average molecular weight is 259 g/mol. The van der Waals surface area contributed by atoms with Crippen LogP contribution in [-0.2, 0) is 4.79 Å². The predicted octanol–water partition coefficient (Wildman–Crippen LogP) is 0.774. The molecule has 1 aromatic heterocycles.